The zero-order valence-corrected chi connectivity index (χ0v) is 36.4. The Bertz CT molecular complexity index is 817. The molecule has 0 aliphatic heterocycles. The standard InChI is InChI=1S/C48H93NO5/c1-4-7-10-13-16-19-21-23-24-25-26-28-31-34-37-40-46(51)45(43-50)49-47(52)42-44(39-36-33-30-18-15-12-9-6-3)54-48(53)41-38-35-32-29-27-22-20-17-14-11-8-5-2/h12,15,44-46,50-51H,4-11,13-14,16-43H2,1-3H3,(H,49,52)/b15-12-. The number of aliphatic hydroxyl groups is 2. The number of hydrogen-bond donors (Lipinski definition) is 3. The maximum atomic E-state index is 13.1. The van der Waals surface area contributed by atoms with E-state index in [-0.39, 0.29) is 24.9 Å². The Kier molecular flexibility index (Phi) is 41.6. The number of nitrogens with one attached hydrogen (secondary N) is 1. The molecule has 1 amide bonds. The second-order valence-electron chi connectivity index (χ2n) is 16.5. The van der Waals surface area contributed by atoms with Gasteiger partial charge in [-0.05, 0) is 44.9 Å². The first-order chi connectivity index (χ1) is 26.5. The van der Waals surface area contributed by atoms with Crippen LogP contribution in [0.1, 0.15) is 258 Å². The highest BCUT2D eigenvalue weighted by Crippen LogP contribution is 2.18. The lowest BCUT2D eigenvalue weighted by Crippen LogP contribution is -2.46. The second kappa shape index (κ2) is 42.7. The predicted octanol–water partition coefficient (Wildman–Crippen LogP) is 13.8. The van der Waals surface area contributed by atoms with Gasteiger partial charge in [0.25, 0.3) is 0 Å². The van der Waals surface area contributed by atoms with Crippen molar-refractivity contribution in [2.75, 3.05) is 6.61 Å². The monoisotopic (exact) mass is 764 g/mol. The van der Waals surface area contributed by atoms with E-state index in [1.165, 1.54) is 148 Å². The topological polar surface area (TPSA) is 95.9 Å². The lowest BCUT2D eigenvalue weighted by Gasteiger charge is -2.24. The molecule has 0 saturated carbocycles. The number of esters is 1. The van der Waals surface area contributed by atoms with Crippen LogP contribution in [0.3, 0.4) is 0 Å². The number of hydrogen-bond acceptors (Lipinski definition) is 5. The third-order valence-electron chi connectivity index (χ3n) is 11.1. The van der Waals surface area contributed by atoms with Gasteiger partial charge in [0.1, 0.15) is 6.10 Å². The summed E-state index contributed by atoms with van der Waals surface area (Å²) in [6.45, 7) is 6.41. The van der Waals surface area contributed by atoms with E-state index in [1.807, 2.05) is 0 Å². The number of carbonyl (C=O) groups is 2. The molecule has 0 aromatic rings. The highest BCUT2D eigenvalue weighted by Gasteiger charge is 2.24. The molecular formula is C48H93NO5. The number of carbonyl (C=O) groups excluding carboxylic acids is 2. The smallest absolute Gasteiger partial charge is 0.306 e. The summed E-state index contributed by atoms with van der Waals surface area (Å²) in [5, 5.41) is 23.7. The van der Waals surface area contributed by atoms with E-state index in [4.69, 9.17) is 4.74 Å². The molecule has 0 aromatic carbocycles. The van der Waals surface area contributed by atoms with Crippen molar-refractivity contribution >= 4 is 11.9 Å². The molecule has 0 fully saturated rings. The van der Waals surface area contributed by atoms with Crippen LogP contribution in [0.15, 0.2) is 12.2 Å². The Labute approximate surface area is 336 Å². The zero-order valence-electron chi connectivity index (χ0n) is 36.4. The van der Waals surface area contributed by atoms with Gasteiger partial charge >= 0.3 is 5.97 Å². The van der Waals surface area contributed by atoms with Crippen LogP contribution in [0.5, 0.6) is 0 Å². The molecule has 3 N–H and O–H groups in total. The van der Waals surface area contributed by atoms with E-state index in [9.17, 15) is 19.8 Å². The fourth-order valence-corrected chi connectivity index (χ4v) is 7.43. The maximum Gasteiger partial charge on any atom is 0.306 e. The number of amides is 1. The summed E-state index contributed by atoms with van der Waals surface area (Å²) in [5.74, 6) is -0.482. The van der Waals surface area contributed by atoms with Crippen molar-refractivity contribution in [3.05, 3.63) is 12.2 Å². The number of ether oxygens (including phenoxy) is 1. The first-order valence-corrected chi connectivity index (χ1v) is 23.9. The highest BCUT2D eigenvalue weighted by molar-refractivity contribution is 5.77. The van der Waals surface area contributed by atoms with Crippen LogP contribution >= 0.6 is 0 Å². The molecule has 0 bridgehead atoms. The fourth-order valence-electron chi connectivity index (χ4n) is 7.43. The van der Waals surface area contributed by atoms with Crippen LogP contribution in [0.2, 0.25) is 0 Å². The molecule has 3 atom stereocenters. The lowest BCUT2D eigenvalue weighted by atomic mass is 10.0. The van der Waals surface area contributed by atoms with Gasteiger partial charge in [-0.2, -0.15) is 0 Å². The number of unbranched alkanes of at least 4 members (excludes halogenated alkanes) is 29. The molecule has 0 aliphatic carbocycles. The van der Waals surface area contributed by atoms with Crippen molar-refractivity contribution in [1.29, 1.82) is 0 Å². The molecule has 0 spiro atoms. The van der Waals surface area contributed by atoms with Crippen LogP contribution in [-0.2, 0) is 14.3 Å². The minimum Gasteiger partial charge on any atom is -0.462 e. The van der Waals surface area contributed by atoms with E-state index in [0.717, 1.165) is 64.2 Å². The maximum absolute atomic E-state index is 13.1. The first-order valence-electron chi connectivity index (χ1n) is 23.9. The Morgan fingerprint density at radius 2 is 0.926 bits per heavy atom. The van der Waals surface area contributed by atoms with Crippen molar-refractivity contribution in [3.63, 3.8) is 0 Å². The largest absolute Gasteiger partial charge is 0.462 e. The van der Waals surface area contributed by atoms with Crippen molar-refractivity contribution in [2.45, 2.75) is 277 Å². The van der Waals surface area contributed by atoms with Gasteiger partial charge in [-0.15, -0.1) is 0 Å². The number of rotatable bonds is 43. The van der Waals surface area contributed by atoms with Gasteiger partial charge in [-0.3, -0.25) is 9.59 Å². The molecule has 3 unspecified atom stereocenters. The molecule has 0 heterocycles. The third-order valence-corrected chi connectivity index (χ3v) is 11.1. The Hall–Kier alpha value is -1.40. The van der Waals surface area contributed by atoms with Crippen molar-refractivity contribution in [3.8, 4) is 0 Å². The zero-order chi connectivity index (χ0) is 39.6. The fraction of sp³-hybridized carbons (Fsp3) is 0.917. The minimum atomic E-state index is -0.784. The Balaban J connectivity index is 4.41. The van der Waals surface area contributed by atoms with Gasteiger partial charge in [-0.1, -0.05) is 213 Å². The van der Waals surface area contributed by atoms with Gasteiger partial charge in [0.05, 0.1) is 25.2 Å². The SMILES string of the molecule is CCC/C=C\CCCCCC(CC(=O)NC(CO)C(O)CCCCCCCCCCCCCCCCC)OC(=O)CCCCCCCCCCCCCC. The Morgan fingerprint density at radius 1 is 0.519 bits per heavy atom. The molecule has 6 heteroatoms. The van der Waals surface area contributed by atoms with Crippen LogP contribution in [0.4, 0.5) is 0 Å². The number of aliphatic hydroxyl groups excluding tert-OH is 2. The van der Waals surface area contributed by atoms with Gasteiger partial charge in [0, 0.05) is 6.42 Å². The summed E-state index contributed by atoms with van der Waals surface area (Å²) in [6.07, 6.45) is 45.7. The van der Waals surface area contributed by atoms with Crippen LogP contribution in [0, 0.1) is 0 Å². The van der Waals surface area contributed by atoms with Gasteiger partial charge in [-0.25, -0.2) is 0 Å². The molecule has 0 saturated heterocycles. The molecule has 54 heavy (non-hydrogen) atoms. The van der Waals surface area contributed by atoms with Crippen molar-refractivity contribution < 1.29 is 24.5 Å². The van der Waals surface area contributed by atoms with E-state index >= 15 is 0 Å². The molecule has 6 nitrogen and oxygen atoms in total. The molecule has 0 aromatic heterocycles. The molecule has 0 aliphatic rings. The van der Waals surface area contributed by atoms with Crippen molar-refractivity contribution in [2.24, 2.45) is 0 Å². The minimum absolute atomic E-state index is 0.0722. The Morgan fingerprint density at radius 3 is 1.39 bits per heavy atom. The summed E-state index contributed by atoms with van der Waals surface area (Å²) in [6, 6.07) is -0.698. The van der Waals surface area contributed by atoms with Crippen molar-refractivity contribution in [1.82, 2.24) is 5.32 Å². The molecule has 0 radical (unpaired) electrons. The van der Waals surface area contributed by atoms with Crippen LogP contribution < -0.4 is 5.32 Å². The van der Waals surface area contributed by atoms with E-state index in [1.54, 1.807) is 0 Å². The number of allylic oxidation sites excluding steroid dienone is 2. The summed E-state index contributed by atoms with van der Waals surface area (Å²) in [4.78, 5) is 25.9. The van der Waals surface area contributed by atoms with E-state index < -0.39 is 18.2 Å². The molecular weight excluding hydrogens is 671 g/mol. The van der Waals surface area contributed by atoms with Gasteiger partial charge < -0.3 is 20.3 Å². The molecule has 320 valence electrons. The summed E-state index contributed by atoms with van der Waals surface area (Å²) < 4.78 is 5.88. The lowest BCUT2D eigenvalue weighted by molar-refractivity contribution is -0.151. The summed E-state index contributed by atoms with van der Waals surface area (Å²) in [7, 11) is 0. The quantitative estimate of drug-likeness (QED) is 0.0326. The van der Waals surface area contributed by atoms with E-state index in [2.05, 4.69) is 38.2 Å². The third kappa shape index (κ3) is 37.5. The average molecular weight is 764 g/mol. The van der Waals surface area contributed by atoms with E-state index in [0.29, 0.717) is 19.3 Å². The first kappa shape index (κ1) is 52.6. The van der Waals surface area contributed by atoms with Gasteiger partial charge in [0.15, 0.2) is 0 Å². The summed E-state index contributed by atoms with van der Waals surface area (Å²) in [5.41, 5.74) is 0. The van der Waals surface area contributed by atoms with Gasteiger partial charge in [0.2, 0.25) is 5.91 Å². The predicted molar refractivity (Wildman–Crippen MR) is 232 cm³/mol. The normalized spacial score (nSPS) is 13.4. The summed E-state index contributed by atoms with van der Waals surface area (Å²) >= 11 is 0. The molecule has 0 rings (SSSR count). The van der Waals surface area contributed by atoms with Crippen LogP contribution in [0.25, 0.3) is 0 Å². The second-order valence-corrected chi connectivity index (χ2v) is 16.5. The van der Waals surface area contributed by atoms with Crippen LogP contribution in [-0.4, -0.2) is 46.9 Å². The highest BCUT2D eigenvalue weighted by atomic mass is 16.5. The average Bonchev–Trinajstić information content (AvgIpc) is 3.16.